The molecule has 1 amide bonds. The smallest absolute Gasteiger partial charge is 0.233 e. The molecule has 0 spiro atoms. The quantitative estimate of drug-likeness (QED) is 0.709. The van der Waals surface area contributed by atoms with Crippen LogP contribution >= 0.6 is 24.8 Å². The lowest BCUT2D eigenvalue weighted by Crippen LogP contribution is -2.41. The summed E-state index contributed by atoms with van der Waals surface area (Å²) in [6.45, 7) is 4.18. The second kappa shape index (κ2) is 11.0. The van der Waals surface area contributed by atoms with Gasteiger partial charge in [0, 0.05) is 6.54 Å². The Morgan fingerprint density at radius 2 is 1.69 bits per heavy atom. The van der Waals surface area contributed by atoms with Crippen molar-refractivity contribution < 1.29 is 13.9 Å². The van der Waals surface area contributed by atoms with Gasteiger partial charge in [-0.3, -0.25) is 4.79 Å². The third-order valence-electron chi connectivity index (χ3n) is 4.25. The van der Waals surface area contributed by atoms with Gasteiger partial charge in [-0.2, -0.15) is 0 Å². The largest absolute Gasteiger partial charge is 0.456 e. The Hall–Kier alpha value is -1.89. The molecule has 0 aliphatic heterocycles. The maximum atomic E-state index is 12.9. The summed E-state index contributed by atoms with van der Waals surface area (Å²) >= 11 is 0. The van der Waals surface area contributed by atoms with Gasteiger partial charge in [0.15, 0.2) is 0 Å². The SMILES string of the molecule is CCC(CC)(CN)C(=O)Nc1ccc(Oc2ccc(F)cc2)cn1.Cl.Cl. The number of anilines is 1. The predicted octanol–water partition coefficient (Wildman–Crippen LogP) is 4.56. The Morgan fingerprint density at radius 3 is 2.15 bits per heavy atom. The van der Waals surface area contributed by atoms with Crippen molar-refractivity contribution in [2.24, 2.45) is 11.1 Å². The molecule has 0 saturated heterocycles. The standard InChI is InChI=1S/C18H22FN3O2.2ClH/c1-3-18(4-2,12-20)17(23)22-16-10-9-15(11-21-16)24-14-7-5-13(19)6-8-14;;/h5-11H,3-4,12,20H2,1-2H3,(H,21,22,23);2*1H. The van der Waals surface area contributed by atoms with Crippen molar-refractivity contribution in [3.05, 3.63) is 48.4 Å². The van der Waals surface area contributed by atoms with Crippen LogP contribution in [0.3, 0.4) is 0 Å². The topological polar surface area (TPSA) is 77.2 Å². The van der Waals surface area contributed by atoms with E-state index in [2.05, 4.69) is 10.3 Å². The minimum atomic E-state index is -0.578. The van der Waals surface area contributed by atoms with Crippen LogP contribution in [0, 0.1) is 11.2 Å². The molecule has 1 aromatic carbocycles. The van der Waals surface area contributed by atoms with Gasteiger partial charge in [0.05, 0.1) is 11.6 Å². The normalized spacial score (nSPS) is 10.3. The second-order valence-electron chi connectivity index (χ2n) is 5.58. The number of hydrogen-bond donors (Lipinski definition) is 2. The molecule has 26 heavy (non-hydrogen) atoms. The fourth-order valence-corrected chi connectivity index (χ4v) is 2.35. The van der Waals surface area contributed by atoms with Crippen LogP contribution in [0.5, 0.6) is 11.5 Å². The Bertz CT molecular complexity index is 670. The summed E-state index contributed by atoms with van der Waals surface area (Å²) in [5.74, 6) is 0.986. The number of aromatic nitrogens is 1. The van der Waals surface area contributed by atoms with Crippen LogP contribution in [0.15, 0.2) is 42.6 Å². The van der Waals surface area contributed by atoms with E-state index >= 15 is 0 Å². The molecule has 5 nitrogen and oxygen atoms in total. The van der Waals surface area contributed by atoms with Gasteiger partial charge in [-0.1, -0.05) is 13.8 Å². The van der Waals surface area contributed by atoms with Gasteiger partial charge >= 0.3 is 0 Å². The van der Waals surface area contributed by atoms with E-state index < -0.39 is 5.41 Å². The summed E-state index contributed by atoms with van der Waals surface area (Å²) in [5.41, 5.74) is 5.20. The van der Waals surface area contributed by atoms with Gasteiger partial charge in [0.25, 0.3) is 0 Å². The molecule has 0 aliphatic rings. The summed E-state index contributed by atoms with van der Waals surface area (Å²) in [6.07, 6.45) is 2.83. The van der Waals surface area contributed by atoms with Crippen molar-refractivity contribution in [2.45, 2.75) is 26.7 Å². The Morgan fingerprint density at radius 1 is 1.12 bits per heavy atom. The predicted molar refractivity (Wildman–Crippen MR) is 106 cm³/mol. The third-order valence-corrected chi connectivity index (χ3v) is 4.25. The molecular weight excluding hydrogens is 380 g/mol. The molecule has 144 valence electrons. The summed E-state index contributed by atoms with van der Waals surface area (Å²) in [4.78, 5) is 16.6. The lowest BCUT2D eigenvalue weighted by Gasteiger charge is -2.28. The first-order valence-electron chi connectivity index (χ1n) is 7.94. The number of nitrogens with two attached hydrogens (primary N) is 1. The summed E-state index contributed by atoms with van der Waals surface area (Å²) < 4.78 is 18.4. The van der Waals surface area contributed by atoms with Gasteiger partial charge in [0.1, 0.15) is 23.1 Å². The van der Waals surface area contributed by atoms with Gasteiger partial charge in [-0.15, -0.1) is 24.8 Å². The monoisotopic (exact) mass is 403 g/mol. The van der Waals surface area contributed by atoms with E-state index in [4.69, 9.17) is 10.5 Å². The number of nitrogens with zero attached hydrogens (tertiary/aromatic N) is 1. The first-order valence-corrected chi connectivity index (χ1v) is 7.94. The van der Waals surface area contributed by atoms with Gasteiger partial charge in [-0.05, 0) is 49.2 Å². The van der Waals surface area contributed by atoms with Crippen molar-refractivity contribution in [3.8, 4) is 11.5 Å². The van der Waals surface area contributed by atoms with E-state index in [9.17, 15) is 9.18 Å². The number of halogens is 3. The Kier molecular flexibility index (Phi) is 10.2. The number of hydrogen-bond acceptors (Lipinski definition) is 4. The molecule has 1 heterocycles. The number of carbonyl (C=O) groups is 1. The zero-order valence-corrected chi connectivity index (χ0v) is 16.3. The van der Waals surface area contributed by atoms with Crippen molar-refractivity contribution in [1.29, 1.82) is 0 Å². The van der Waals surface area contributed by atoms with Crippen LogP contribution in [0.25, 0.3) is 0 Å². The van der Waals surface area contributed by atoms with Crippen LogP contribution in [-0.2, 0) is 4.79 Å². The van der Waals surface area contributed by atoms with E-state index in [-0.39, 0.29) is 43.1 Å². The zero-order valence-electron chi connectivity index (χ0n) is 14.7. The van der Waals surface area contributed by atoms with Crippen LogP contribution in [-0.4, -0.2) is 17.4 Å². The summed E-state index contributed by atoms with van der Waals surface area (Å²) in [6, 6.07) is 9.04. The molecule has 1 aromatic heterocycles. The number of amides is 1. The zero-order chi connectivity index (χ0) is 17.6. The van der Waals surface area contributed by atoms with Gasteiger partial charge in [-0.25, -0.2) is 9.37 Å². The molecule has 2 aromatic rings. The molecule has 0 unspecified atom stereocenters. The van der Waals surface area contributed by atoms with Crippen LogP contribution in [0.2, 0.25) is 0 Å². The molecule has 0 radical (unpaired) electrons. The average molecular weight is 404 g/mol. The van der Waals surface area contributed by atoms with Crippen LogP contribution in [0.1, 0.15) is 26.7 Å². The lowest BCUT2D eigenvalue weighted by molar-refractivity contribution is -0.125. The van der Waals surface area contributed by atoms with Crippen molar-refractivity contribution in [2.75, 3.05) is 11.9 Å². The van der Waals surface area contributed by atoms with E-state index in [1.807, 2.05) is 13.8 Å². The maximum absolute atomic E-state index is 12.9. The first kappa shape index (κ1) is 24.1. The number of benzene rings is 1. The molecule has 0 fully saturated rings. The van der Waals surface area contributed by atoms with Gasteiger partial charge < -0.3 is 15.8 Å². The number of carbonyl (C=O) groups excluding carboxylic acids is 1. The lowest BCUT2D eigenvalue weighted by atomic mass is 9.81. The molecule has 0 saturated carbocycles. The Balaban J connectivity index is 0.00000312. The van der Waals surface area contributed by atoms with E-state index in [1.165, 1.54) is 30.5 Å². The highest BCUT2D eigenvalue weighted by molar-refractivity contribution is 5.94. The molecule has 2 rings (SSSR count). The average Bonchev–Trinajstić information content (AvgIpc) is 2.61. The minimum Gasteiger partial charge on any atom is -0.456 e. The molecule has 0 aliphatic carbocycles. The van der Waals surface area contributed by atoms with E-state index in [0.717, 1.165) is 0 Å². The molecular formula is C18H24Cl2FN3O2. The highest BCUT2D eigenvalue weighted by atomic mass is 35.5. The van der Waals surface area contributed by atoms with Crippen molar-refractivity contribution in [3.63, 3.8) is 0 Å². The van der Waals surface area contributed by atoms with Crippen molar-refractivity contribution in [1.82, 2.24) is 4.98 Å². The number of ether oxygens (including phenoxy) is 1. The van der Waals surface area contributed by atoms with E-state index in [0.29, 0.717) is 30.2 Å². The fraction of sp³-hybridized carbons (Fsp3) is 0.333. The van der Waals surface area contributed by atoms with Crippen LogP contribution < -0.4 is 15.8 Å². The minimum absolute atomic E-state index is 0. The molecule has 3 N–H and O–H groups in total. The van der Waals surface area contributed by atoms with Crippen molar-refractivity contribution >= 4 is 36.5 Å². The highest BCUT2D eigenvalue weighted by Gasteiger charge is 2.33. The van der Waals surface area contributed by atoms with Crippen LogP contribution in [0.4, 0.5) is 10.2 Å². The number of rotatable bonds is 7. The number of pyridine rings is 1. The molecule has 0 bridgehead atoms. The Labute approximate surface area is 165 Å². The molecule has 8 heteroatoms. The third kappa shape index (κ3) is 5.83. The maximum Gasteiger partial charge on any atom is 0.233 e. The fourth-order valence-electron chi connectivity index (χ4n) is 2.35. The second-order valence-corrected chi connectivity index (χ2v) is 5.58. The van der Waals surface area contributed by atoms with E-state index in [1.54, 1.807) is 12.1 Å². The first-order chi connectivity index (χ1) is 11.5. The molecule has 0 atom stereocenters. The summed E-state index contributed by atoms with van der Waals surface area (Å²) in [7, 11) is 0. The van der Waals surface area contributed by atoms with Gasteiger partial charge in [0.2, 0.25) is 5.91 Å². The number of nitrogens with one attached hydrogen (secondary N) is 1. The summed E-state index contributed by atoms with van der Waals surface area (Å²) in [5, 5.41) is 2.80. The highest BCUT2D eigenvalue weighted by Crippen LogP contribution is 2.27.